The second-order valence-electron chi connectivity index (χ2n) is 4.99. The third-order valence-corrected chi connectivity index (χ3v) is 4.65. The Labute approximate surface area is 140 Å². The van der Waals surface area contributed by atoms with Crippen LogP contribution in [0, 0.1) is 0 Å². The minimum Gasteiger partial charge on any atom is -0.351 e. The van der Waals surface area contributed by atoms with Crippen molar-refractivity contribution in [2.24, 2.45) is 5.73 Å². The quantitative estimate of drug-likeness (QED) is 0.782. The van der Waals surface area contributed by atoms with Crippen molar-refractivity contribution >= 4 is 33.7 Å². The molecule has 0 spiro atoms. The second kappa shape index (κ2) is 6.57. The predicted molar refractivity (Wildman–Crippen MR) is 76.8 cm³/mol. The van der Waals surface area contributed by atoms with E-state index in [4.69, 9.17) is 17.3 Å². The van der Waals surface area contributed by atoms with E-state index < -0.39 is 58.5 Å². The lowest BCUT2D eigenvalue weighted by Crippen LogP contribution is -2.46. The molecule has 0 bridgehead atoms. The van der Waals surface area contributed by atoms with E-state index in [0.717, 1.165) is 12.3 Å². The molecule has 0 aromatic carbocycles. The van der Waals surface area contributed by atoms with Crippen LogP contribution in [0.3, 0.4) is 0 Å². The van der Waals surface area contributed by atoms with Gasteiger partial charge in [-0.1, -0.05) is 11.6 Å². The van der Waals surface area contributed by atoms with E-state index in [0.29, 0.717) is 4.90 Å². The van der Waals surface area contributed by atoms with E-state index in [1.807, 2.05) is 0 Å². The molecule has 1 aromatic rings. The summed E-state index contributed by atoms with van der Waals surface area (Å²) in [6.45, 7) is -0.639. The van der Waals surface area contributed by atoms with E-state index in [9.17, 15) is 26.8 Å². The second-order valence-corrected chi connectivity index (χ2v) is 6.95. The number of carbonyl (C=O) groups excluding carboxylic acids is 2. The SMILES string of the molecule is NC(=O)N1CCC(F)(F)CC(OS(=O)(=O)c2ccc(Cl)cn2)C1=O. The number of nitrogens with zero attached hydrogens (tertiary/aromatic N) is 2. The number of primary amides is 1. The van der Waals surface area contributed by atoms with Gasteiger partial charge in [0.2, 0.25) is 0 Å². The molecule has 1 aromatic heterocycles. The van der Waals surface area contributed by atoms with Gasteiger partial charge in [0, 0.05) is 25.6 Å². The van der Waals surface area contributed by atoms with Crippen molar-refractivity contribution < 1.29 is 31.0 Å². The van der Waals surface area contributed by atoms with Gasteiger partial charge >= 0.3 is 16.1 Å². The number of aromatic nitrogens is 1. The van der Waals surface area contributed by atoms with E-state index in [2.05, 4.69) is 9.17 Å². The van der Waals surface area contributed by atoms with Crippen molar-refractivity contribution in [1.29, 1.82) is 0 Å². The summed E-state index contributed by atoms with van der Waals surface area (Å²) in [5.41, 5.74) is 4.96. The molecule has 1 atom stereocenters. The van der Waals surface area contributed by atoms with Gasteiger partial charge in [0.1, 0.15) is 0 Å². The summed E-state index contributed by atoms with van der Waals surface area (Å²) in [5.74, 6) is -4.66. The van der Waals surface area contributed by atoms with Crippen LogP contribution in [-0.4, -0.2) is 48.8 Å². The van der Waals surface area contributed by atoms with Crippen molar-refractivity contribution in [3.05, 3.63) is 23.4 Å². The Morgan fingerprint density at radius 1 is 1.46 bits per heavy atom. The molecular formula is C12H12ClF2N3O5S. The molecule has 8 nitrogen and oxygen atoms in total. The molecule has 3 amide bonds. The number of urea groups is 1. The van der Waals surface area contributed by atoms with Crippen LogP contribution in [0.5, 0.6) is 0 Å². The first-order chi connectivity index (χ1) is 11.0. The van der Waals surface area contributed by atoms with Gasteiger partial charge in [-0.15, -0.1) is 0 Å². The van der Waals surface area contributed by atoms with E-state index >= 15 is 0 Å². The molecule has 1 saturated heterocycles. The molecule has 132 valence electrons. The van der Waals surface area contributed by atoms with E-state index in [1.165, 1.54) is 6.07 Å². The Balaban J connectivity index is 2.31. The Hall–Kier alpha value is -1.85. The zero-order valence-electron chi connectivity index (χ0n) is 12.0. The molecule has 0 radical (unpaired) electrons. The number of rotatable bonds is 3. The lowest BCUT2D eigenvalue weighted by atomic mass is 10.1. The zero-order valence-corrected chi connectivity index (χ0v) is 13.6. The summed E-state index contributed by atoms with van der Waals surface area (Å²) in [5, 5.41) is -0.469. The molecule has 24 heavy (non-hydrogen) atoms. The smallest absolute Gasteiger partial charge is 0.321 e. The third kappa shape index (κ3) is 4.16. The maximum absolute atomic E-state index is 13.7. The molecule has 1 unspecified atom stereocenters. The zero-order chi connectivity index (χ0) is 18.1. The van der Waals surface area contributed by atoms with Gasteiger partial charge in [0.25, 0.3) is 11.8 Å². The summed E-state index contributed by atoms with van der Waals surface area (Å²) < 4.78 is 56.2. The molecule has 2 heterocycles. The number of carbonyl (C=O) groups is 2. The number of nitrogens with two attached hydrogens (primary N) is 1. The highest BCUT2D eigenvalue weighted by atomic mass is 35.5. The van der Waals surface area contributed by atoms with Crippen molar-refractivity contribution in [3.8, 4) is 0 Å². The molecule has 2 rings (SSSR count). The van der Waals surface area contributed by atoms with Gasteiger partial charge in [-0.2, -0.15) is 8.42 Å². The number of pyridine rings is 1. The highest BCUT2D eigenvalue weighted by Crippen LogP contribution is 2.31. The maximum Gasteiger partial charge on any atom is 0.321 e. The van der Waals surface area contributed by atoms with Crippen LogP contribution < -0.4 is 5.73 Å². The van der Waals surface area contributed by atoms with E-state index in [-0.39, 0.29) is 5.02 Å². The number of amides is 3. The molecule has 1 aliphatic heterocycles. The molecule has 2 N–H and O–H groups in total. The molecule has 1 fully saturated rings. The third-order valence-electron chi connectivity index (χ3n) is 3.19. The maximum atomic E-state index is 13.7. The van der Waals surface area contributed by atoms with Gasteiger partial charge < -0.3 is 5.73 Å². The van der Waals surface area contributed by atoms with Gasteiger partial charge in [0.05, 0.1) is 5.02 Å². The van der Waals surface area contributed by atoms with Crippen LogP contribution in [0.25, 0.3) is 0 Å². The minimum atomic E-state index is -4.63. The molecule has 0 aliphatic carbocycles. The summed E-state index contributed by atoms with van der Waals surface area (Å²) in [6.07, 6.45) is -3.14. The fourth-order valence-electron chi connectivity index (χ4n) is 2.03. The number of hydrogen-bond acceptors (Lipinski definition) is 6. The topological polar surface area (TPSA) is 120 Å². The Kier molecular flexibility index (Phi) is 5.06. The van der Waals surface area contributed by atoms with E-state index in [1.54, 1.807) is 0 Å². The molecule has 12 heteroatoms. The van der Waals surface area contributed by atoms with Crippen LogP contribution >= 0.6 is 11.6 Å². The number of alkyl halides is 2. The average molecular weight is 384 g/mol. The largest absolute Gasteiger partial charge is 0.351 e. The summed E-state index contributed by atoms with van der Waals surface area (Å²) >= 11 is 5.58. The molecule has 1 aliphatic rings. The number of imide groups is 1. The monoisotopic (exact) mass is 383 g/mol. The molecule has 0 saturated carbocycles. The lowest BCUT2D eigenvalue weighted by molar-refractivity contribution is -0.136. The highest BCUT2D eigenvalue weighted by molar-refractivity contribution is 7.86. The van der Waals surface area contributed by atoms with Gasteiger partial charge in [-0.05, 0) is 12.1 Å². The highest BCUT2D eigenvalue weighted by Gasteiger charge is 2.45. The standard InChI is InChI=1S/C12H12ClF2N3O5S/c13-7-1-2-9(17-6-7)24(21,22)23-8-5-12(14,15)3-4-18(10(8)19)11(16)20/h1-2,6,8H,3-5H2,(H2,16,20). The minimum absolute atomic E-state index is 0.144. The van der Waals surface area contributed by atoms with Crippen molar-refractivity contribution in [2.75, 3.05) is 6.54 Å². The van der Waals surface area contributed by atoms with Crippen LogP contribution in [0.15, 0.2) is 23.4 Å². The molecular weight excluding hydrogens is 372 g/mol. The number of hydrogen-bond donors (Lipinski definition) is 1. The van der Waals surface area contributed by atoms with Crippen LogP contribution in [-0.2, 0) is 19.1 Å². The van der Waals surface area contributed by atoms with Crippen LogP contribution in [0.2, 0.25) is 5.02 Å². The Morgan fingerprint density at radius 2 is 2.12 bits per heavy atom. The fraction of sp³-hybridized carbons (Fsp3) is 0.417. The first-order valence-corrected chi connectivity index (χ1v) is 8.34. The predicted octanol–water partition coefficient (Wildman–Crippen LogP) is 1.15. The van der Waals surface area contributed by atoms with Gasteiger partial charge in [0.15, 0.2) is 11.1 Å². The van der Waals surface area contributed by atoms with Crippen molar-refractivity contribution in [1.82, 2.24) is 9.88 Å². The normalized spacial score (nSPS) is 21.4. The summed E-state index contributed by atoms with van der Waals surface area (Å²) in [4.78, 5) is 27.1. The summed E-state index contributed by atoms with van der Waals surface area (Å²) in [6, 6.07) is 0.917. The Morgan fingerprint density at radius 3 is 2.67 bits per heavy atom. The van der Waals surface area contributed by atoms with Crippen molar-refractivity contribution in [3.63, 3.8) is 0 Å². The number of halogens is 3. The fourth-order valence-corrected chi connectivity index (χ4v) is 3.11. The average Bonchev–Trinajstić information content (AvgIpc) is 2.56. The first-order valence-electron chi connectivity index (χ1n) is 6.55. The lowest BCUT2D eigenvalue weighted by Gasteiger charge is -2.20. The van der Waals surface area contributed by atoms with Gasteiger partial charge in [-0.3, -0.25) is 13.9 Å². The van der Waals surface area contributed by atoms with Crippen LogP contribution in [0.4, 0.5) is 13.6 Å². The van der Waals surface area contributed by atoms with Crippen molar-refractivity contribution in [2.45, 2.75) is 29.9 Å². The first kappa shape index (κ1) is 18.5. The Bertz CT molecular complexity index is 756. The van der Waals surface area contributed by atoms with Crippen LogP contribution in [0.1, 0.15) is 12.8 Å². The number of likely N-dealkylation sites (tertiary alicyclic amines) is 1. The summed E-state index contributed by atoms with van der Waals surface area (Å²) in [7, 11) is -4.63. The van der Waals surface area contributed by atoms with Gasteiger partial charge in [-0.25, -0.2) is 18.6 Å².